The molecular weight excluding hydrogens is 535 g/mol. The van der Waals surface area contributed by atoms with Crippen molar-refractivity contribution in [2.45, 2.75) is 71.4 Å². The fourth-order valence-electron chi connectivity index (χ4n) is 6.26. The zero-order valence-electron chi connectivity index (χ0n) is 24.3. The van der Waals surface area contributed by atoms with E-state index < -0.39 is 6.04 Å². The summed E-state index contributed by atoms with van der Waals surface area (Å²) in [5.41, 5.74) is 0.395. The van der Waals surface area contributed by atoms with E-state index in [-0.39, 0.29) is 40.8 Å². The van der Waals surface area contributed by atoms with Gasteiger partial charge in [-0.3, -0.25) is 19.3 Å². The number of halogens is 2. The van der Waals surface area contributed by atoms with Gasteiger partial charge < -0.3 is 19.9 Å². The molecular formula is C30H44ClFN4O4. The van der Waals surface area contributed by atoms with Crippen molar-refractivity contribution in [3.05, 3.63) is 34.6 Å². The number of carbonyl (C=O) groups excluding carboxylic acids is 3. The molecule has 1 aromatic rings. The number of hydrogen-bond acceptors (Lipinski definition) is 5. The normalized spacial score (nSPS) is 23.8. The van der Waals surface area contributed by atoms with Crippen molar-refractivity contribution in [3.63, 3.8) is 0 Å². The topological polar surface area (TPSA) is 82.2 Å². The standard InChI is InChI=1S/C30H44ClFN4O4/c1-5-27(37)33-26(17-30(2,3)4)29(39)35-12-10-34(11-13-35)28(38)24-19-36(21-8-14-40-15-9-21)18-23(24)22-7-6-20(31)16-25(22)32/h6-7,16,21,23-24,26H,5,8-15,17-19H2,1-4H3,(H,33,37)/t23-,24+,26-/m0/s1. The molecule has 3 amide bonds. The maximum absolute atomic E-state index is 15.1. The van der Waals surface area contributed by atoms with Gasteiger partial charge in [-0.1, -0.05) is 45.4 Å². The maximum atomic E-state index is 15.1. The van der Waals surface area contributed by atoms with Gasteiger partial charge >= 0.3 is 0 Å². The van der Waals surface area contributed by atoms with E-state index in [1.807, 2.05) is 25.7 Å². The van der Waals surface area contributed by atoms with Crippen molar-refractivity contribution in [2.75, 3.05) is 52.5 Å². The number of ether oxygens (including phenoxy) is 1. The molecule has 0 radical (unpaired) electrons. The van der Waals surface area contributed by atoms with Crippen LogP contribution in [0.2, 0.25) is 5.02 Å². The summed E-state index contributed by atoms with van der Waals surface area (Å²) >= 11 is 6.03. The van der Waals surface area contributed by atoms with Gasteiger partial charge in [0.05, 0.1) is 5.92 Å². The molecule has 3 aliphatic rings. The molecule has 0 aliphatic carbocycles. The van der Waals surface area contributed by atoms with Crippen LogP contribution in [0.5, 0.6) is 0 Å². The average molecular weight is 579 g/mol. The lowest BCUT2D eigenvalue weighted by Crippen LogP contribution is -2.57. The second kappa shape index (κ2) is 13.2. The first-order valence-corrected chi connectivity index (χ1v) is 15.0. The third-order valence-electron chi connectivity index (χ3n) is 8.41. The van der Waals surface area contributed by atoms with Gasteiger partial charge in [0, 0.05) is 75.9 Å². The van der Waals surface area contributed by atoms with E-state index in [1.54, 1.807) is 24.0 Å². The third kappa shape index (κ3) is 7.53. The van der Waals surface area contributed by atoms with E-state index in [0.29, 0.717) is 82.0 Å². The fourth-order valence-corrected chi connectivity index (χ4v) is 6.42. The number of carbonyl (C=O) groups is 3. The largest absolute Gasteiger partial charge is 0.381 e. The Hall–Kier alpha value is -2.23. The van der Waals surface area contributed by atoms with Crippen molar-refractivity contribution in [1.82, 2.24) is 20.0 Å². The molecule has 1 aromatic carbocycles. The molecule has 222 valence electrons. The molecule has 0 spiro atoms. The molecule has 4 rings (SSSR count). The summed E-state index contributed by atoms with van der Waals surface area (Å²) in [6, 6.07) is 4.46. The minimum absolute atomic E-state index is 0.00605. The highest BCUT2D eigenvalue weighted by Crippen LogP contribution is 2.38. The molecule has 0 bridgehead atoms. The predicted octanol–water partition coefficient (Wildman–Crippen LogP) is 3.68. The number of hydrogen-bond donors (Lipinski definition) is 1. The van der Waals surface area contributed by atoms with E-state index in [4.69, 9.17) is 16.3 Å². The average Bonchev–Trinajstić information content (AvgIpc) is 3.37. The molecule has 3 fully saturated rings. The van der Waals surface area contributed by atoms with Gasteiger partial charge in [0.1, 0.15) is 11.9 Å². The summed E-state index contributed by atoms with van der Waals surface area (Å²) in [4.78, 5) is 45.4. The molecule has 8 nitrogen and oxygen atoms in total. The van der Waals surface area contributed by atoms with Crippen LogP contribution in [0.15, 0.2) is 18.2 Å². The molecule has 3 aliphatic heterocycles. The Morgan fingerprint density at radius 1 is 1.07 bits per heavy atom. The number of nitrogens with zero attached hydrogens (tertiary/aromatic N) is 3. The summed E-state index contributed by atoms with van der Waals surface area (Å²) in [6.45, 7) is 12.1. The first kappa shape index (κ1) is 30.7. The number of benzene rings is 1. The van der Waals surface area contributed by atoms with Crippen LogP contribution < -0.4 is 5.32 Å². The summed E-state index contributed by atoms with van der Waals surface area (Å²) in [5, 5.41) is 3.24. The molecule has 0 unspecified atom stereocenters. The highest BCUT2D eigenvalue weighted by Gasteiger charge is 2.44. The molecule has 0 aromatic heterocycles. The fraction of sp³-hybridized carbons (Fsp3) is 0.700. The highest BCUT2D eigenvalue weighted by molar-refractivity contribution is 6.30. The van der Waals surface area contributed by atoms with Crippen molar-refractivity contribution in [3.8, 4) is 0 Å². The van der Waals surface area contributed by atoms with E-state index in [9.17, 15) is 14.4 Å². The molecule has 10 heteroatoms. The Kier molecular flexibility index (Phi) is 10.1. The van der Waals surface area contributed by atoms with Crippen LogP contribution in [0.4, 0.5) is 4.39 Å². The van der Waals surface area contributed by atoms with Crippen LogP contribution in [0.25, 0.3) is 0 Å². The van der Waals surface area contributed by atoms with Gasteiger partial charge in [-0.25, -0.2) is 4.39 Å². The monoisotopic (exact) mass is 578 g/mol. The highest BCUT2D eigenvalue weighted by atomic mass is 35.5. The van der Waals surface area contributed by atoms with Crippen LogP contribution in [-0.4, -0.2) is 97.0 Å². The van der Waals surface area contributed by atoms with Crippen LogP contribution >= 0.6 is 11.6 Å². The summed E-state index contributed by atoms with van der Waals surface area (Å²) in [7, 11) is 0. The van der Waals surface area contributed by atoms with Crippen molar-refractivity contribution >= 4 is 29.3 Å². The lowest BCUT2D eigenvalue weighted by molar-refractivity contribution is -0.144. The zero-order valence-corrected chi connectivity index (χ0v) is 25.0. The number of piperazine rings is 1. The summed E-state index contributed by atoms with van der Waals surface area (Å²) < 4.78 is 20.6. The van der Waals surface area contributed by atoms with Gasteiger partial charge in [0.25, 0.3) is 0 Å². The second-order valence-corrected chi connectivity index (χ2v) is 13.0. The quantitative estimate of drug-likeness (QED) is 0.534. The van der Waals surface area contributed by atoms with Gasteiger partial charge in [-0.15, -0.1) is 0 Å². The predicted molar refractivity (Wildman–Crippen MR) is 153 cm³/mol. The lowest BCUT2D eigenvalue weighted by Gasteiger charge is -2.39. The van der Waals surface area contributed by atoms with Crippen LogP contribution in [0.3, 0.4) is 0 Å². The molecule has 3 saturated heterocycles. The third-order valence-corrected chi connectivity index (χ3v) is 8.64. The number of likely N-dealkylation sites (tertiary alicyclic amines) is 1. The summed E-state index contributed by atoms with van der Waals surface area (Å²) in [6.07, 6.45) is 2.66. The van der Waals surface area contributed by atoms with Crippen LogP contribution in [-0.2, 0) is 19.1 Å². The van der Waals surface area contributed by atoms with Gasteiger partial charge in [-0.05, 0) is 42.4 Å². The Labute approximate surface area is 242 Å². The zero-order chi connectivity index (χ0) is 29.0. The second-order valence-electron chi connectivity index (χ2n) is 12.6. The minimum Gasteiger partial charge on any atom is -0.381 e. The first-order valence-electron chi connectivity index (χ1n) is 14.6. The molecule has 3 atom stereocenters. The first-order chi connectivity index (χ1) is 19.0. The maximum Gasteiger partial charge on any atom is 0.245 e. The van der Waals surface area contributed by atoms with Crippen molar-refractivity contribution in [2.24, 2.45) is 11.3 Å². The van der Waals surface area contributed by atoms with Crippen LogP contribution in [0, 0.1) is 17.2 Å². The Bertz CT molecular complexity index is 1070. The van der Waals surface area contributed by atoms with Gasteiger partial charge in [0.15, 0.2) is 0 Å². The summed E-state index contributed by atoms with van der Waals surface area (Å²) in [5.74, 6) is -1.26. The van der Waals surface area contributed by atoms with E-state index in [1.165, 1.54) is 6.07 Å². The molecule has 0 saturated carbocycles. The van der Waals surface area contributed by atoms with Gasteiger partial charge in [0.2, 0.25) is 17.7 Å². The number of nitrogens with one attached hydrogen (secondary N) is 1. The van der Waals surface area contributed by atoms with E-state index >= 15 is 4.39 Å². The molecule has 1 N–H and O–H groups in total. The number of amides is 3. The van der Waals surface area contributed by atoms with E-state index in [2.05, 4.69) is 10.2 Å². The minimum atomic E-state index is -0.588. The van der Waals surface area contributed by atoms with Crippen molar-refractivity contribution < 1.29 is 23.5 Å². The Balaban J connectivity index is 1.45. The molecule has 40 heavy (non-hydrogen) atoms. The van der Waals surface area contributed by atoms with Crippen LogP contribution in [0.1, 0.15) is 64.9 Å². The van der Waals surface area contributed by atoms with Crippen molar-refractivity contribution in [1.29, 1.82) is 0 Å². The number of rotatable bonds is 7. The van der Waals surface area contributed by atoms with Gasteiger partial charge in [-0.2, -0.15) is 0 Å². The Morgan fingerprint density at radius 2 is 1.73 bits per heavy atom. The smallest absolute Gasteiger partial charge is 0.245 e. The molecule has 3 heterocycles. The lowest BCUT2D eigenvalue weighted by atomic mass is 9.87. The Morgan fingerprint density at radius 3 is 2.33 bits per heavy atom. The van der Waals surface area contributed by atoms with E-state index in [0.717, 1.165) is 12.8 Å². The SMILES string of the molecule is CCC(=O)N[C@@H](CC(C)(C)C)C(=O)N1CCN(C(=O)[C@@H]2CN(C3CCOCC3)C[C@H]2c2ccc(Cl)cc2F)CC1.